The van der Waals surface area contributed by atoms with Crippen molar-refractivity contribution in [2.24, 2.45) is 11.8 Å². The van der Waals surface area contributed by atoms with Gasteiger partial charge < -0.3 is 5.32 Å². The first-order valence-electron chi connectivity index (χ1n) is 6.28. The zero-order valence-corrected chi connectivity index (χ0v) is 10.3. The van der Waals surface area contributed by atoms with Crippen LogP contribution in [0.3, 0.4) is 0 Å². The van der Waals surface area contributed by atoms with E-state index in [9.17, 15) is 0 Å². The van der Waals surface area contributed by atoms with Crippen LogP contribution in [0.15, 0.2) is 0 Å². The molecule has 1 aliphatic rings. The zero-order valence-electron chi connectivity index (χ0n) is 10.3. The van der Waals surface area contributed by atoms with Crippen molar-refractivity contribution in [2.45, 2.75) is 65.0 Å². The molecular weight excluding hydrogens is 184 g/mol. The molecule has 86 valence electrons. The average Bonchev–Trinajstić information content (AvgIpc) is 2.15. The summed E-state index contributed by atoms with van der Waals surface area (Å²) >= 11 is 0. The van der Waals surface area contributed by atoms with Gasteiger partial charge in [0.2, 0.25) is 0 Å². The first kappa shape index (κ1) is 12.5. The third kappa shape index (κ3) is 4.22. The number of hydrogen-bond donors (Lipinski definition) is 1. The quantitative estimate of drug-likeness (QED) is 0.770. The Morgan fingerprint density at radius 2 is 1.87 bits per heavy atom. The van der Waals surface area contributed by atoms with Crippen molar-refractivity contribution in [1.82, 2.24) is 5.32 Å². The van der Waals surface area contributed by atoms with E-state index in [1.54, 1.807) is 0 Å². The van der Waals surface area contributed by atoms with Crippen LogP contribution in [-0.2, 0) is 0 Å². The van der Waals surface area contributed by atoms with E-state index in [2.05, 4.69) is 32.2 Å². The molecule has 1 rings (SSSR count). The highest BCUT2D eigenvalue weighted by molar-refractivity contribution is 4.86. The van der Waals surface area contributed by atoms with Gasteiger partial charge in [-0.15, -0.1) is 0 Å². The van der Waals surface area contributed by atoms with Gasteiger partial charge in [-0.1, -0.05) is 20.8 Å². The molecule has 0 amide bonds. The maximum atomic E-state index is 8.71. The van der Waals surface area contributed by atoms with E-state index in [-0.39, 0.29) is 0 Å². The van der Waals surface area contributed by atoms with Crippen molar-refractivity contribution in [1.29, 1.82) is 5.26 Å². The Morgan fingerprint density at radius 1 is 1.27 bits per heavy atom. The molecule has 0 radical (unpaired) electrons. The fourth-order valence-corrected chi connectivity index (χ4v) is 2.85. The lowest BCUT2D eigenvalue weighted by Crippen LogP contribution is -2.42. The van der Waals surface area contributed by atoms with E-state index in [4.69, 9.17) is 5.26 Å². The van der Waals surface area contributed by atoms with Crippen molar-refractivity contribution < 1.29 is 0 Å². The standard InChI is InChI=1S/C13H24N2/c1-4-12(5-6-14)15-13-8-10(2)7-11(3)9-13/h10-13,15H,4-5,7-9H2,1-3H3. The molecular formula is C13H24N2. The van der Waals surface area contributed by atoms with Crippen molar-refractivity contribution in [3.63, 3.8) is 0 Å². The summed E-state index contributed by atoms with van der Waals surface area (Å²) in [5.74, 6) is 1.68. The third-order valence-corrected chi connectivity index (χ3v) is 3.48. The number of hydrogen-bond acceptors (Lipinski definition) is 2. The largest absolute Gasteiger partial charge is 0.310 e. The Morgan fingerprint density at radius 3 is 2.33 bits per heavy atom. The predicted octanol–water partition coefficient (Wildman–Crippen LogP) is 3.09. The van der Waals surface area contributed by atoms with Crippen molar-refractivity contribution in [3.8, 4) is 6.07 Å². The highest BCUT2D eigenvalue weighted by atomic mass is 14.9. The van der Waals surface area contributed by atoms with Crippen LogP contribution in [0, 0.1) is 23.2 Å². The summed E-state index contributed by atoms with van der Waals surface area (Å²) in [6.07, 6.45) is 5.65. The summed E-state index contributed by atoms with van der Waals surface area (Å²) in [7, 11) is 0. The molecule has 2 heteroatoms. The van der Waals surface area contributed by atoms with Gasteiger partial charge >= 0.3 is 0 Å². The van der Waals surface area contributed by atoms with Gasteiger partial charge in [0.05, 0.1) is 12.5 Å². The van der Waals surface area contributed by atoms with E-state index >= 15 is 0 Å². The van der Waals surface area contributed by atoms with Crippen LogP contribution < -0.4 is 5.32 Å². The molecule has 15 heavy (non-hydrogen) atoms. The molecule has 0 aromatic heterocycles. The highest BCUT2D eigenvalue weighted by Crippen LogP contribution is 2.28. The van der Waals surface area contributed by atoms with Gasteiger partial charge in [-0.05, 0) is 37.5 Å². The van der Waals surface area contributed by atoms with E-state index < -0.39 is 0 Å². The van der Waals surface area contributed by atoms with Gasteiger partial charge in [-0.2, -0.15) is 5.26 Å². The highest BCUT2D eigenvalue weighted by Gasteiger charge is 2.24. The van der Waals surface area contributed by atoms with Crippen molar-refractivity contribution >= 4 is 0 Å². The summed E-state index contributed by atoms with van der Waals surface area (Å²) in [6.45, 7) is 6.84. The Labute approximate surface area is 94.1 Å². The fraction of sp³-hybridized carbons (Fsp3) is 0.923. The molecule has 1 fully saturated rings. The van der Waals surface area contributed by atoms with E-state index in [1.165, 1.54) is 19.3 Å². The Hall–Kier alpha value is -0.550. The number of nitriles is 1. The van der Waals surface area contributed by atoms with Crippen LogP contribution >= 0.6 is 0 Å². The molecule has 1 aliphatic carbocycles. The molecule has 3 unspecified atom stereocenters. The number of nitrogens with zero attached hydrogens (tertiary/aromatic N) is 1. The molecule has 1 saturated carbocycles. The fourth-order valence-electron chi connectivity index (χ4n) is 2.85. The predicted molar refractivity (Wildman–Crippen MR) is 63.4 cm³/mol. The lowest BCUT2D eigenvalue weighted by atomic mass is 9.80. The zero-order chi connectivity index (χ0) is 11.3. The Bertz CT molecular complexity index is 209. The molecule has 0 spiro atoms. The van der Waals surface area contributed by atoms with Gasteiger partial charge in [0, 0.05) is 12.1 Å². The van der Waals surface area contributed by atoms with Crippen LogP contribution in [-0.4, -0.2) is 12.1 Å². The maximum absolute atomic E-state index is 8.71. The molecule has 2 nitrogen and oxygen atoms in total. The molecule has 1 N–H and O–H groups in total. The van der Waals surface area contributed by atoms with Gasteiger partial charge in [0.1, 0.15) is 0 Å². The second-order valence-corrected chi connectivity index (χ2v) is 5.25. The Balaban J connectivity index is 2.39. The summed E-state index contributed by atoms with van der Waals surface area (Å²) in [6, 6.07) is 3.31. The normalized spacial score (nSPS) is 33.3. The molecule has 3 atom stereocenters. The van der Waals surface area contributed by atoms with Gasteiger partial charge in [-0.3, -0.25) is 0 Å². The van der Waals surface area contributed by atoms with Crippen molar-refractivity contribution in [2.75, 3.05) is 0 Å². The molecule has 0 aromatic rings. The Kier molecular flexibility index (Phi) is 5.11. The number of nitrogens with one attached hydrogen (secondary N) is 1. The topological polar surface area (TPSA) is 35.8 Å². The van der Waals surface area contributed by atoms with E-state index in [0.717, 1.165) is 18.3 Å². The molecule has 0 aliphatic heterocycles. The molecule has 0 heterocycles. The van der Waals surface area contributed by atoms with Gasteiger partial charge in [-0.25, -0.2) is 0 Å². The SMILES string of the molecule is CCC(CC#N)NC1CC(C)CC(C)C1. The monoisotopic (exact) mass is 208 g/mol. The summed E-state index contributed by atoms with van der Waals surface area (Å²) in [5, 5.41) is 12.4. The van der Waals surface area contributed by atoms with Crippen LogP contribution in [0.4, 0.5) is 0 Å². The minimum absolute atomic E-state index is 0.400. The molecule has 0 bridgehead atoms. The number of rotatable bonds is 4. The minimum Gasteiger partial charge on any atom is -0.310 e. The summed E-state index contributed by atoms with van der Waals surface area (Å²) in [4.78, 5) is 0. The maximum Gasteiger partial charge on any atom is 0.0638 e. The lowest BCUT2D eigenvalue weighted by Gasteiger charge is -2.34. The summed E-state index contributed by atoms with van der Waals surface area (Å²) in [5.41, 5.74) is 0. The second kappa shape index (κ2) is 6.12. The third-order valence-electron chi connectivity index (χ3n) is 3.48. The van der Waals surface area contributed by atoms with E-state index in [1.807, 2.05) is 0 Å². The lowest BCUT2D eigenvalue weighted by molar-refractivity contribution is 0.224. The minimum atomic E-state index is 0.400. The average molecular weight is 208 g/mol. The van der Waals surface area contributed by atoms with Gasteiger partial charge in [0.15, 0.2) is 0 Å². The summed E-state index contributed by atoms with van der Waals surface area (Å²) < 4.78 is 0. The van der Waals surface area contributed by atoms with Crippen LogP contribution in [0.2, 0.25) is 0 Å². The van der Waals surface area contributed by atoms with Crippen LogP contribution in [0.1, 0.15) is 52.9 Å². The van der Waals surface area contributed by atoms with Crippen LogP contribution in [0.25, 0.3) is 0 Å². The van der Waals surface area contributed by atoms with Crippen LogP contribution in [0.5, 0.6) is 0 Å². The van der Waals surface area contributed by atoms with Gasteiger partial charge in [0.25, 0.3) is 0 Å². The first-order valence-corrected chi connectivity index (χ1v) is 6.28. The second-order valence-electron chi connectivity index (χ2n) is 5.25. The van der Waals surface area contributed by atoms with E-state index in [0.29, 0.717) is 18.5 Å². The van der Waals surface area contributed by atoms with Crippen molar-refractivity contribution in [3.05, 3.63) is 0 Å². The smallest absolute Gasteiger partial charge is 0.0638 e. The molecule has 0 aromatic carbocycles. The first-order chi connectivity index (χ1) is 7.15. The molecule has 0 saturated heterocycles.